The van der Waals surface area contributed by atoms with Crippen molar-refractivity contribution in [3.8, 4) is 11.3 Å². The molecule has 8 nitrogen and oxygen atoms in total. The number of imidazole rings is 1. The van der Waals surface area contributed by atoms with Crippen LogP contribution >= 0.6 is 0 Å². The number of hydrogen-bond donors (Lipinski definition) is 1. The van der Waals surface area contributed by atoms with Crippen molar-refractivity contribution in [1.82, 2.24) is 29.0 Å². The van der Waals surface area contributed by atoms with Gasteiger partial charge in [0.2, 0.25) is 0 Å². The highest BCUT2D eigenvalue weighted by Gasteiger charge is 2.18. The predicted octanol–water partition coefficient (Wildman–Crippen LogP) is 1.49. The average Bonchev–Trinajstić information content (AvgIpc) is 3.19. The minimum absolute atomic E-state index is 0.0302. The lowest BCUT2D eigenvalue weighted by atomic mass is 10.1. The normalized spacial score (nSPS) is 11.8. The number of nitrogens with zero attached hydrogens (tertiary/aromatic N) is 5. The van der Waals surface area contributed by atoms with Crippen LogP contribution in [0.25, 0.3) is 11.3 Å². The van der Waals surface area contributed by atoms with Crippen LogP contribution < -0.4 is 4.72 Å². The van der Waals surface area contributed by atoms with Crippen molar-refractivity contribution in [2.75, 3.05) is 0 Å². The summed E-state index contributed by atoms with van der Waals surface area (Å²) in [5.41, 5.74) is 2.55. The summed E-state index contributed by atoms with van der Waals surface area (Å²) in [5, 5.41) is 4.16. The van der Waals surface area contributed by atoms with Gasteiger partial charge in [-0.25, -0.2) is 18.1 Å². The third-order valence-corrected chi connectivity index (χ3v) is 5.22. The summed E-state index contributed by atoms with van der Waals surface area (Å²) in [5.74, 6) is 0.669. The molecular formula is C16H20N6O2S. The van der Waals surface area contributed by atoms with Crippen molar-refractivity contribution < 1.29 is 8.42 Å². The average molecular weight is 360 g/mol. The standard InChI is InChI=1S/C16H20N6O2S/c1-4-22-11-16(20-12(22)2)25(23,24)19-9-13-7-14(10-17-8-13)15-5-6-18-21(15)3/h5-8,10-11,19H,4,9H2,1-3H3. The van der Waals surface area contributed by atoms with Gasteiger partial charge in [0.05, 0.1) is 5.69 Å². The van der Waals surface area contributed by atoms with Gasteiger partial charge >= 0.3 is 0 Å². The maximum absolute atomic E-state index is 12.4. The molecule has 0 aliphatic heterocycles. The second-order valence-corrected chi connectivity index (χ2v) is 7.37. The smallest absolute Gasteiger partial charge is 0.259 e. The van der Waals surface area contributed by atoms with E-state index in [4.69, 9.17) is 0 Å². The zero-order valence-corrected chi connectivity index (χ0v) is 15.2. The Morgan fingerprint density at radius 1 is 1.28 bits per heavy atom. The highest BCUT2D eigenvalue weighted by atomic mass is 32.2. The number of hydrogen-bond acceptors (Lipinski definition) is 5. The quantitative estimate of drug-likeness (QED) is 0.718. The summed E-state index contributed by atoms with van der Waals surface area (Å²) in [6.07, 6.45) is 6.61. The molecule has 132 valence electrons. The largest absolute Gasteiger partial charge is 0.334 e. The summed E-state index contributed by atoms with van der Waals surface area (Å²) < 4.78 is 31.0. The number of nitrogens with one attached hydrogen (secondary N) is 1. The van der Waals surface area contributed by atoms with Gasteiger partial charge in [0.1, 0.15) is 5.82 Å². The molecule has 0 unspecified atom stereocenters. The van der Waals surface area contributed by atoms with Gasteiger partial charge in [-0.1, -0.05) is 0 Å². The molecule has 0 aromatic carbocycles. The van der Waals surface area contributed by atoms with Crippen LogP contribution in [0.4, 0.5) is 0 Å². The van der Waals surface area contributed by atoms with E-state index in [1.807, 2.05) is 26.1 Å². The molecule has 3 aromatic rings. The molecule has 25 heavy (non-hydrogen) atoms. The Kier molecular flexibility index (Phi) is 4.69. The summed E-state index contributed by atoms with van der Waals surface area (Å²) in [6.45, 7) is 4.53. The lowest BCUT2D eigenvalue weighted by Crippen LogP contribution is -2.23. The van der Waals surface area contributed by atoms with Crippen LogP contribution in [0.2, 0.25) is 0 Å². The van der Waals surface area contributed by atoms with Crippen molar-refractivity contribution in [3.05, 3.63) is 48.3 Å². The Hall–Kier alpha value is -2.52. The van der Waals surface area contributed by atoms with Crippen LogP contribution in [0.15, 0.2) is 41.9 Å². The number of rotatable bonds is 6. The molecule has 0 aliphatic carbocycles. The van der Waals surface area contributed by atoms with E-state index in [2.05, 4.69) is 19.8 Å². The Labute approximate surface area is 146 Å². The minimum Gasteiger partial charge on any atom is -0.334 e. The van der Waals surface area contributed by atoms with Crippen LogP contribution in [-0.4, -0.2) is 32.7 Å². The SMILES string of the molecule is CCn1cc(S(=O)(=O)NCc2cncc(-c3ccnn3C)c2)nc1C. The topological polar surface area (TPSA) is 94.7 Å². The van der Waals surface area contributed by atoms with Gasteiger partial charge in [-0.15, -0.1) is 0 Å². The van der Waals surface area contributed by atoms with Gasteiger partial charge in [0, 0.05) is 50.5 Å². The van der Waals surface area contributed by atoms with Crippen LogP contribution in [0, 0.1) is 6.92 Å². The highest BCUT2D eigenvalue weighted by Crippen LogP contribution is 2.18. The van der Waals surface area contributed by atoms with E-state index in [-0.39, 0.29) is 11.6 Å². The van der Waals surface area contributed by atoms with Gasteiger partial charge in [-0.05, 0) is 31.5 Å². The van der Waals surface area contributed by atoms with Crippen molar-refractivity contribution in [3.63, 3.8) is 0 Å². The first-order valence-corrected chi connectivity index (χ1v) is 9.35. The van der Waals surface area contributed by atoms with E-state index in [9.17, 15) is 8.42 Å². The Bertz CT molecular complexity index is 990. The maximum Gasteiger partial charge on any atom is 0.259 e. The lowest BCUT2D eigenvalue weighted by Gasteiger charge is -2.07. The van der Waals surface area contributed by atoms with E-state index in [0.717, 1.165) is 16.8 Å². The van der Waals surface area contributed by atoms with E-state index in [1.54, 1.807) is 41.0 Å². The molecule has 0 aliphatic rings. The highest BCUT2D eigenvalue weighted by molar-refractivity contribution is 7.89. The molecule has 3 heterocycles. The van der Waals surface area contributed by atoms with Crippen molar-refractivity contribution in [2.45, 2.75) is 32.0 Å². The van der Waals surface area contributed by atoms with E-state index in [1.165, 1.54) is 0 Å². The first-order chi connectivity index (χ1) is 11.9. The van der Waals surface area contributed by atoms with Gasteiger partial charge in [0.25, 0.3) is 10.0 Å². The van der Waals surface area contributed by atoms with Crippen LogP contribution in [-0.2, 0) is 30.2 Å². The number of sulfonamides is 1. The van der Waals surface area contributed by atoms with E-state index >= 15 is 0 Å². The molecule has 0 saturated heterocycles. The van der Waals surface area contributed by atoms with Crippen molar-refractivity contribution in [1.29, 1.82) is 0 Å². The second-order valence-electron chi connectivity index (χ2n) is 5.66. The fourth-order valence-corrected chi connectivity index (χ4v) is 3.59. The summed E-state index contributed by atoms with van der Waals surface area (Å²) in [6, 6.07) is 3.77. The molecule has 1 N–H and O–H groups in total. The van der Waals surface area contributed by atoms with Gasteiger partial charge in [0.15, 0.2) is 5.03 Å². The minimum atomic E-state index is -3.67. The van der Waals surface area contributed by atoms with Crippen molar-refractivity contribution >= 4 is 10.0 Å². The number of aryl methyl sites for hydroxylation is 3. The molecule has 0 saturated carbocycles. The van der Waals surface area contributed by atoms with Crippen molar-refractivity contribution in [2.24, 2.45) is 7.05 Å². The summed E-state index contributed by atoms with van der Waals surface area (Å²) in [7, 11) is -1.83. The van der Waals surface area contributed by atoms with Gasteiger partial charge in [-0.2, -0.15) is 5.10 Å². The fourth-order valence-electron chi connectivity index (χ4n) is 2.56. The lowest BCUT2D eigenvalue weighted by molar-refractivity contribution is 0.577. The molecule has 3 rings (SSSR count). The molecule has 0 atom stereocenters. The first-order valence-electron chi connectivity index (χ1n) is 7.86. The third-order valence-electron chi connectivity index (χ3n) is 3.95. The van der Waals surface area contributed by atoms with Gasteiger partial charge in [-0.3, -0.25) is 9.67 Å². The molecule has 0 bridgehead atoms. The molecule has 0 fully saturated rings. The molecular weight excluding hydrogens is 340 g/mol. The predicted molar refractivity (Wildman–Crippen MR) is 93.1 cm³/mol. The molecule has 0 radical (unpaired) electrons. The van der Waals surface area contributed by atoms with Crippen LogP contribution in [0.3, 0.4) is 0 Å². The van der Waals surface area contributed by atoms with Gasteiger partial charge < -0.3 is 4.57 Å². The molecule has 0 amide bonds. The fraction of sp³-hybridized carbons (Fsp3) is 0.312. The van der Waals surface area contributed by atoms with Crippen LogP contribution in [0.1, 0.15) is 18.3 Å². The molecule has 9 heteroatoms. The molecule has 3 aromatic heterocycles. The summed E-state index contributed by atoms with van der Waals surface area (Å²) in [4.78, 5) is 8.31. The number of pyridine rings is 1. The Morgan fingerprint density at radius 2 is 2.08 bits per heavy atom. The van der Waals surface area contributed by atoms with E-state index < -0.39 is 10.0 Å². The Balaban J connectivity index is 1.78. The maximum atomic E-state index is 12.4. The van der Waals surface area contributed by atoms with E-state index in [0.29, 0.717) is 12.4 Å². The van der Waals surface area contributed by atoms with Crippen LogP contribution in [0.5, 0.6) is 0 Å². The molecule has 0 spiro atoms. The Morgan fingerprint density at radius 3 is 2.72 bits per heavy atom. The monoisotopic (exact) mass is 360 g/mol. The zero-order valence-electron chi connectivity index (χ0n) is 14.3. The zero-order chi connectivity index (χ0) is 18.0. The summed E-state index contributed by atoms with van der Waals surface area (Å²) >= 11 is 0. The second kappa shape index (κ2) is 6.77. The first kappa shape index (κ1) is 17.3. The number of aromatic nitrogens is 5. The third kappa shape index (κ3) is 3.62.